The average molecular weight is 393 g/mol. The van der Waals surface area contributed by atoms with E-state index in [9.17, 15) is 14.7 Å². The highest BCUT2D eigenvalue weighted by Crippen LogP contribution is 2.36. The van der Waals surface area contributed by atoms with Crippen molar-refractivity contribution in [3.05, 3.63) is 59.3 Å². The molecule has 0 unspecified atom stereocenters. The van der Waals surface area contributed by atoms with E-state index in [-0.39, 0.29) is 18.2 Å². The number of rotatable bonds is 2. The second kappa shape index (κ2) is 6.95. The van der Waals surface area contributed by atoms with E-state index in [1.807, 2.05) is 68.3 Å². The van der Waals surface area contributed by atoms with Crippen LogP contribution in [-0.4, -0.2) is 51.2 Å². The number of aliphatic imine (C=N–C) groups is 1. The van der Waals surface area contributed by atoms with E-state index in [1.165, 1.54) is 0 Å². The van der Waals surface area contributed by atoms with Crippen molar-refractivity contribution in [2.24, 2.45) is 4.99 Å². The van der Waals surface area contributed by atoms with Gasteiger partial charge in [-0.1, -0.05) is 29.8 Å². The van der Waals surface area contributed by atoms with E-state index in [0.29, 0.717) is 31.8 Å². The molecule has 4 rings (SSSR count). The van der Waals surface area contributed by atoms with Gasteiger partial charge >= 0.3 is 0 Å². The monoisotopic (exact) mass is 393 g/mol. The number of hydrogen-bond donors (Lipinski definition) is 1. The molecule has 2 amide bonds. The Balaban J connectivity index is 1.53. The lowest BCUT2D eigenvalue weighted by molar-refractivity contribution is -0.147. The highest BCUT2D eigenvalue weighted by atomic mass is 16.3. The number of carbonyl (C=O) groups is 2. The third-order valence-corrected chi connectivity index (χ3v) is 6.25. The number of amides is 2. The highest BCUT2D eigenvalue weighted by molar-refractivity contribution is 6.09. The first-order chi connectivity index (χ1) is 13.7. The third-order valence-electron chi connectivity index (χ3n) is 6.25. The fourth-order valence-electron chi connectivity index (χ4n) is 4.46. The smallest absolute Gasteiger partial charge is 0.250 e. The van der Waals surface area contributed by atoms with Gasteiger partial charge in [0.15, 0.2) is 0 Å². The molecule has 0 spiro atoms. The van der Waals surface area contributed by atoms with Gasteiger partial charge in [-0.3, -0.25) is 9.59 Å². The molecule has 1 N–H and O–H groups in total. The molecule has 3 aliphatic rings. The van der Waals surface area contributed by atoms with Crippen LogP contribution in [0, 0.1) is 6.92 Å². The van der Waals surface area contributed by atoms with Crippen LogP contribution >= 0.6 is 0 Å². The van der Waals surface area contributed by atoms with Crippen LogP contribution in [0.1, 0.15) is 44.2 Å². The number of likely N-dealkylation sites (tertiary alicyclic amines) is 1. The predicted octanol–water partition coefficient (Wildman–Crippen LogP) is 2.67. The summed E-state index contributed by atoms with van der Waals surface area (Å²) in [6.45, 7) is 6.65. The van der Waals surface area contributed by atoms with Crippen molar-refractivity contribution in [2.45, 2.75) is 51.2 Å². The molecule has 1 saturated heterocycles. The molecule has 29 heavy (non-hydrogen) atoms. The number of fused-ring (bicyclic) bond motifs is 1. The van der Waals surface area contributed by atoms with Crippen LogP contribution in [0.3, 0.4) is 0 Å². The van der Waals surface area contributed by atoms with Crippen LogP contribution < -0.4 is 0 Å². The Morgan fingerprint density at radius 2 is 1.93 bits per heavy atom. The van der Waals surface area contributed by atoms with Gasteiger partial charge in [0.05, 0.1) is 12.0 Å². The number of aliphatic hydroxyl groups is 1. The van der Waals surface area contributed by atoms with E-state index in [4.69, 9.17) is 0 Å². The Hall–Kier alpha value is -2.73. The summed E-state index contributed by atoms with van der Waals surface area (Å²) in [5, 5.41) is 11.2. The summed E-state index contributed by atoms with van der Waals surface area (Å²) < 4.78 is 0. The van der Waals surface area contributed by atoms with Crippen LogP contribution in [0.15, 0.2) is 53.2 Å². The third kappa shape index (κ3) is 3.42. The van der Waals surface area contributed by atoms with Crippen molar-refractivity contribution in [3.8, 4) is 0 Å². The Morgan fingerprint density at radius 1 is 1.21 bits per heavy atom. The van der Waals surface area contributed by atoms with Gasteiger partial charge in [0, 0.05) is 19.3 Å². The van der Waals surface area contributed by atoms with Crippen LogP contribution in [0.25, 0.3) is 0 Å². The normalized spacial score (nSPS) is 26.0. The second-order valence-electron chi connectivity index (χ2n) is 8.58. The minimum Gasteiger partial charge on any atom is -0.385 e. The minimum absolute atomic E-state index is 0.0468. The maximum Gasteiger partial charge on any atom is 0.250 e. The lowest BCUT2D eigenvalue weighted by Gasteiger charge is -2.47. The van der Waals surface area contributed by atoms with E-state index in [0.717, 1.165) is 16.7 Å². The maximum atomic E-state index is 13.5. The SMILES string of the molecule is CC1=CC2=NC(=O)C[C@](C)(C(=O)N3CCC(O)(c4cccc(C)c4)CC3)N2C=C1. The quantitative estimate of drug-likeness (QED) is 0.838. The zero-order valence-electron chi connectivity index (χ0n) is 17.2. The average Bonchev–Trinajstić information content (AvgIpc) is 2.67. The summed E-state index contributed by atoms with van der Waals surface area (Å²) in [6, 6.07) is 7.91. The molecule has 6 heteroatoms. The number of nitrogens with zero attached hydrogens (tertiary/aromatic N) is 3. The first kappa shape index (κ1) is 19.6. The van der Waals surface area contributed by atoms with Crippen LogP contribution in [0.4, 0.5) is 0 Å². The maximum absolute atomic E-state index is 13.5. The molecule has 3 aliphatic heterocycles. The Kier molecular flexibility index (Phi) is 4.69. The first-order valence-electron chi connectivity index (χ1n) is 10.1. The molecule has 152 valence electrons. The summed E-state index contributed by atoms with van der Waals surface area (Å²) in [4.78, 5) is 33.5. The molecule has 0 aliphatic carbocycles. The number of hydrogen-bond acceptors (Lipinski definition) is 4. The summed E-state index contributed by atoms with van der Waals surface area (Å²) in [5.74, 6) is 0.146. The van der Waals surface area contributed by atoms with E-state index in [1.54, 1.807) is 4.90 Å². The van der Waals surface area contributed by atoms with E-state index < -0.39 is 11.1 Å². The summed E-state index contributed by atoms with van der Waals surface area (Å²) in [6.07, 6.45) is 6.59. The van der Waals surface area contributed by atoms with Crippen molar-refractivity contribution in [1.29, 1.82) is 0 Å². The molecule has 6 nitrogen and oxygen atoms in total. The fraction of sp³-hybridized carbons (Fsp3) is 0.435. The topological polar surface area (TPSA) is 73.2 Å². The summed E-state index contributed by atoms with van der Waals surface area (Å²) in [7, 11) is 0. The van der Waals surface area contributed by atoms with Crippen molar-refractivity contribution >= 4 is 17.6 Å². The fourth-order valence-corrected chi connectivity index (χ4v) is 4.46. The minimum atomic E-state index is -0.999. The molecule has 3 heterocycles. The first-order valence-corrected chi connectivity index (χ1v) is 10.1. The van der Waals surface area contributed by atoms with Crippen LogP contribution in [0.5, 0.6) is 0 Å². The molecule has 1 atom stereocenters. The van der Waals surface area contributed by atoms with Gasteiger partial charge in [-0.25, -0.2) is 0 Å². The van der Waals surface area contributed by atoms with Gasteiger partial charge in [0.1, 0.15) is 11.4 Å². The Bertz CT molecular complexity index is 954. The highest BCUT2D eigenvalue weighted by Gasteiger charge is 2.48. The number of aryl methyl sites for hydroxylation is 1. The second-order valence-corrected chi connectivity index (χ2v) is 8.58. The molecule has 1 aromatic carbocycles. The number of piperidine rings is 1. The number of benzene rings is 1. The van der Waals surface area contributed by atoms with Crippen LogP contribution in [-0.2, 0) is 15.2 Å². The van der Waals surface area contributed by atoms with E-state index in [2.05, 4.69) is 4.99 Å². The lowest BCUT2D eigenvalue weighted by Crippen LogP contribution is -2.62. The van der Waals surface area contributed by atoms with Gasteiger partial charge in [0.2, 0.25) is 5.91 Å². The number of carbonyl (C=O) groups excluding carboxylic acids is 2. The van der Waals surface area contributed by atoms with Gasteiger partial charge in [-0.2, -0.15) is 4.99 Å². The van der Waals surface area contributed by atoms with Gasteiger partial charge in [0.25, 0.3) is 5.91 Å². The van der Waals surface area contributed by atoms with Gasteiger partial charge in [-0.15, -0.1) is 0 Å². The predicted molar refractivity (Wildman–Crippen MR) is 111 cm³/mol. The van der Waals surface area contributed by atoms with E-state index >= 15 is 0 Å². The molecule has 1 aromatic rings. The zero-order valence-corrected chi connectivity index (χ0v) is 17.2. The van der Waals surface area contributed by atoms with Crippen molar-refractivity contribution in [1.82, 2.24) is 9.80 Å². The van der Waals surface area contributed by atoms with Crippen LogP contribution in [0.2, 0.25) is 0 Å². The van der Waals surface area contributed by atoms with Crippen molar-refractivity contribution < 1.29 is 14.7 Å². The summed E-state index contributed by atoms with van der Waals surface area (Å²) >= 11 is 0. The largest absolute Gasteiger partial charge is 0.385 e. The van der Waals surface area contributed by atoms with Crippen molar-refractivity contribution in [2.75, 3.05) is 13.1 Å². The Labute approximate surface area is 171 Å². The molecular formula is C23H27N3O3. The Morgan fingerprint density at radius 3 is 2.62 bits per heavy atom. The van der Waals surface area contributed by atoms with Gasteiger partial charge < -0.3 is 14.9 Å². The molecule has 0 bridgehead atoms. The standard InChI is InChI=1S/C23H27N3O3/c1-16-5-4-6-18(13-16)23(29)8-11-25(12-9-23)21(28)22(3)15-20(27)24-19-14-17(2)7-10-26(19)22/h4-7,10,13-14,29H,8-9,11-12,15H2,1-3H3/t22-/m1/s1. The molecule has 0 aromatic heterocycles. The number of amidine groups is 1. The van der Waals surface area contributed by atoms with Gasteiger partial charge in [-0.05, 0) is 56.9 Å². The number of allylic oxidation sites excluding steroid dienone is 2. The lowest BCUT2D eigenvalue weighted by atomic mass is 9.82. The zero-order chi connectivity index (χ0) is 20.8. The van der Waals surface area contributed by atoms with Crippen molar-refractivity contribution in [3.63, 3.8) is 0 Å². The molecule has 0 saturated carbocycles. The molecular weight excluding hydrogens is 366 g/mol. The summed E-state index contributed by atoms with van der Waals surface area (Å²) in [5.41, 5.74) is 1.07. The molecule has 0 radical (unpaired) electrons. The molecule has 1 fully saturated rings.